The number of hydrogen-bond donors (Lipinski definition) is 2. The molecule has 0 aromatic heterocycles. The van der Waals surface area contributed by atoms with Gasteiger partial charge in [-0.15, -0.1) is 6.58 Å². The number of benzene rings is 1. The Morgan fingerprint density at radius 3 is 2.76 bits per heavy atom. The van der Waals surface area contributed by atoms with Crippen molar-refractivity contribution < 1.29 is 14.7 Å². The van der Waals surface area contributed by atoms with Gasteiger partial charge in [-0.3, -0.25) is 14.5 Å². The quantitative estimate of drug-likeness (QED) is 0.706. The molecular weight excluding hydrogens is 270 g/mol. The molecule has 0 aliphatic carbocycles. The lowest BCUT2D eigenvalue weighted by molar-refractivity contribution is -0.138. The first-order valence-electron chi connectivity index (χ1n) is 6.41. The predicted octanol–water partition coefficient (Wildman–Crippen LogP) is 1.46. The van der Waals surface area contributed by atoms with E-state index in [-0.39, 0.29) is 18.9 Å². The van der Waals surface area contributed by atoms with Gasteiger partial charge in [-0.1, -0.05) is 18.2 Å². The highest BCUT2D eigenvalue weighted by Crippen LogP contribution is 2.13. The van der Waals surface area contributed by atoms with Gasteiger partial charge in [0.2, 0.25) is 5.91 Å². The molecule has 1 aromatic rings. The third kappa shape index (κ3) is 5.89. The summed E-state index contributed by atoms with van der Waals surface area (Å²) >= 11 is 0. The van der Waals surface area contributed by atoms with Crippen LogP contribution in [0, 0.1) is 11.3 Å². The molecule has 21 heavy (non-hydrogen) atoms. The molecule has 0 unspecified atom stereocenters. The van der Waals surface area contributed by atoms with E-state index in [1.807, 2.05) is 6.07 Å². The van der Waals surface area contributed by atoms with Crippen molar-refractivity contribution in [2.24, 2.45) is 0 Å². The number of nitriles is 1. The van der Waals surface area contributed by atoms with Crippen molar-refractivity contribution >= 4 is 17.6 Å². The van der Waals surface area contributed by atoms with Crippen molar-refractivity contribution in [3.63, 3.8) is 0 Å². The second-order valence-corrected chi connectivity index (χ2v) is 4.37. The van der Waals surface area contributed by atoms with Gasteiger partial charge in [0.15, 0.2) is 0 Å². The summed E-state index contributed by atoms with van der Waals surface area (Å²) in [7, 11) is 0. The molecule has 0 atom stereocenters. The predicted molar refractivity (Wildman–Crippen MR) is 78.7 cm³/mol. The fourth-order valence-corrected chi connectivity index (χ4v) is 1.77. The summed E-state index contributed by atoms with van der Waals surface area (Å²) in [5.41, 5.74) is 0.845. The van der Waals surface area contributed by atoms with Crippen LogP contribution in [-0.4, -0.2) is 41.5 Å². The summed E-state index contributed by atoms with van der Waals surface area (Å²) < 4.78 is 0. The molecule has 0 bridgehead atoms. The number of amides is 1. The van der Waals surface area contributed by atoms with Gasteiger partial charge in [0.1, 0.15) is 6.07 Å². The average molecular weight is 287 g/mol. The van der Waals surface area contributed by atoms with Gasteiger partial charge < -0.3 is 10.4 Å². The van der Waals surface area contributed by atoms with Crippen LogP contribution in [0.25, 0.3) is 0 Å². The minimum Gasteiger partial charge on any atom is -0.480 e. The third-order valence-electron chi connectivity index (χ3n) is 2.72. The van der Waals surface area contributed by atoms with E-state index in [1.165, 1.54) is 0 Å². The van der Waals surface area contributed by atoms with E-state index in [9.17, 15) is 9.59 Å². The lowest BCUT2D eigenvalue weighted by atomic mass is 10.2. The topological polar surface area (TPSA) is 93.4 Å². The highest BCUT2D eigenvalue weighted by Gasteiger charge is 2.11. The van der Waals surface area contributed by atoms with Crippen molar-refractivity contribution in [1.82, 2.24) is 4.90 Å². The van der Waals surface area contributed by atoms with Gasteiger partial charge >= 0.3 is 5.97 Å². The number of aliphatic carboxylic acids is 1. The monoisotopic (exact) mass is 287 g/mol. The molecule has 0 heterocycles. The van der Waals surface area contributed by atoms with Crippen LogP contribution in [0.4, 0.5) is 5.69 Å². The number of para-hydroxylation sites is 1. The number of carbonyl (C=O) groups excluding carboxylic acids is 1. The lowest BCUT2D eigenvalue weighted by Gasteiger charge is -2.17. The van der Waals surface area contributed by atoms with Crippen molar-refractivity contribution in [3.05, 3.63) is 42.5 Å². The van der Waals surface area contributed by atoms with Gasteiger partial charge in [0, 0.05) is 19.5 Å². The molecule has 1 rings (SSSR count). The molecule has 110 valence electrons. The number of carbonyl (C=O) groups is 2. The maximum Gasteiger partial charge on any atom is 0.317 e. The van der Waals surface area contributed by atoms with Gasteiger partial charge in [-0.2, -0.15) is 5.26 Å². The van der Waals surface area contributed by atoms with E-state index >= 15 is 0 Å². The first-order chi connectivity index (χ1) is 10.1. The minimum atomic E-state index is -0.952. The van der Waals surface area contributed by atoms with Crippen LogP contribution in [0.5, 0.6) is 0 Å². The lowest BCUT2D eigenvalue weighted by Crippen LogP contribution is -2.32. The fraction of sp³-hybridized carbons (Fsp3) is 0.267. The summed E-state index contributed by atoms with van der Waals surface area (Å²) in [4.78, 5) is 24.1. The maximum atomic E-state index is 11.9. The molecule has 6 nitrogen and oxygen atoms in total. The minimum absolute atomic E-state index is 0.140. The highest BCUT2D eigenvalue weighted by molar-refractivity contribution is 5.92. The Bertz CT molecular complexity index is 564. The zero-order valence-electron chi connectivity index (χ0n) is 11.6. The van der Waals surface area contributed by atoms with Crippen molar-refractivity contribution in [2.75, 3.05) is 25.0 Å². The molecule has 6 heteroatoms. The largest absolute Gasteiger partial charge is 0.480 e. The average Bonchev–Trinajstić information content (AvgIpc) is 2.45. The molecule has 0 saturated carbocycles. The molecule has 0 aliphatic heterocycles. The summed E-state index contributed by atoms with van der Waals surface area (Å²) in [5.74, 6) is -1.22. The van der Waals surface area contributed by atoms with Crippen molar-refractivity contribution in [2.45, 2.75) is 6.42 Å². The van der Waals surface area contributed by atoms with E-state index in [1.54, 1.807) is 35.2 Å². The molecule has 0 fully saturated rings. The first kappa shape index (κ1) is 16.4. The number of hydrogen-bond acceptors (Lipinski definition) is 4. The fourth-order valence-electron chi connectivity index (χ4n) is 1.77. The third-order valence-corrected chi connectivity index (χ3v) is 2.72. The standard InChI is InChI=1S/C15H17N3O3/c1-2-8-18(11-15(20)21)9-7-14(19)17-13-6-4-3-5-12(13)10-16/h2-6H,1,7-9,11H2,(H,17,19)(H,20,21). The van der Waals surface area contributed by atoms with Crippen molar-refractivity contribution in [1.29, 1.82) is 5.26 Å². The SMILES string of the molecule is C=CCN(CCC(=O)Nc1ccccc1C#N)CC(=O)O. The summed E-state index contributed by atoms with van der Waals surface area (Å²) in [6.45, 7) is 4.11. The van der Waals surface area contributed by atoms with E-state index in [0.717, 1.165) is 0 Å². The summed E-state index contributed by atoms with van der Waals surface area (Å²) in [5, 5.41) is 20.4. The van der Waals surface area contributed by atoms with E-state index in [2.05, 4.69) is 11.9 Å². The van der Waals surface area contributed by atoms with E-state index in [4.69, 9.17) is 10.4 Å². The normalized spacial score (nSPS) is 9.90. The Labute approximate surface area is 123 Å². The van der Waals surface area contributed by atoms with Crippen LogP contribution in [-0.2, 0) is 9.59 Å². The molecule has 1 amide bonds. The second-order valence-electron chi connectivity index (χ2n) is 4.37. The maximum absolute atomic E-state index is 11.9. The van der Waals surface area contributed by atoms with E-state index in [0.29, 0.717) is 24.3 Å². The van der Waals surface area contributed by atoms with Crippen LogP contribution < -0.4 is 5.32 Å². The van der Waals surface area contributed by atoms with Gasteiger partial charge in [0.05, 0.1) is 17.8 Å². The number of nitrogens with one attached hydrogen (secondary N) is 1. The Morgan fingerprint density at radius 2 is 2.14 bits per heavy atom. The number of carboxylic acids is 1. The van der Waals surface area contributed by atoms with Crippen LogP contribution >= 0.6 is 0 Å². The molecule has 0 spiro atoms. The number of nitrogens with zero attached hydrogens (tertiary/aromatic N) is 2. The smallest absolute Gasteiger partial charge is 0.317 e. The van der Waals surface area contributed by atoms with Crippen LogP contribution in [0.2, 0.25) is 0 Å². The van der Waals surface area contributed by atoms with Gasteiger partial charge in [-0.25, -0.2) is 0 Å². The number of anilines is 1. The summed E-state index contributed by atoms with van der Waals surface area (Å²) in [6.07, 6.45) is 1.73. The second kappa shape index (κ2) is 8.51. The van der Waals surface area contributed by atoms with Crippen LogP contribution in [0.3, 0.4) is 0 Å². The zero-order chi connectivity index (χ0) is 15.7. The Morgan fingerprint density at radius 1 is 1.43 bits per heavy atom. The molecule has 0 saturated heterocycles. The molecule has 1 aromatic carbocycles. The van der Waals surface area contributed by atoms with Gasteiger partial charge in [0.25, 0.3) is 0 Å². The highest BCUT2D eigenvalue weighted by atomic mass is 16.4. The van der Waals surface area contributed by atoms with E-state index < -0.39 is 5.97 Å². The molecular formula is C15H17N3O3. The van der Waals surface area contributed by atoms with Crippen LogP contribution in [0.1, 0.15) is 12.0 Å². The zero-order valence-corrected chi connectivity index (χ0v) is 11.6. The molecule has 2 N–H and O–H groups in total. The Hall–Kier alpha value is -2.65. The first-order valence-corrected chi connectivity index (χ1v) is 6.41. The summed E-state index contributed by atoms with van der Waals surface area (Å²) in [6, 6.07) is 8.70. The Balaban J connectivity index is 2.55. The Kier molecular flexibility index (Phi) is 6.65. The number of carboxylic acid groups (broad SMARTS) is 1. The molecule has 0 aliphatic rings. The molecule has 0 radical (unpaired) electrons. The van der Waals surface area contributed by atoms with Crippen LogP contribution in [0.15, 0.2) is 36.9 Å². The van der Waals surface area contributed by atoms with Gasteiger partial charge in [-0.05, 0) is 12.1 Å². The number of rotatable bonds is 8. The van der Waals surface area contributed by atoms with Crippen molar-refractivity contribution in [3.8, 4) is 6.07 Å².